The maximum atomic E-state index is 11.6. The van der Waals surface area contributed by atoms with Crippen LogP contribution in [0.5, 0.6) is 0 Å². The number of thiophene rings is 1. The van der Waals surface area contributed by atoms with Crippen LogP contribution in [0, 0.1) is 0 Å². The van der Waals surface area contributed by atoms with Gasteiger partial charge in [0.05, 0.1) is 15.7 Å². The Kier molecular flexibility index (Phi) is 3.83. The Labute approximate surface area is 134 Å². The van der Waals surface area contributed by atoms with Crippen LogP contribution in [0.25, 0.3) is 11.4 Å². The van der Waals surface area contributed by atoms with E-state index in [9.17, 15) is 8.42 Å². The Morgan fingerprint density at radius 3 is 2.77 bits per heavy atom. The highest BCUT2D eigenvalue weighted by molar-refractivity contribution is 7.89. The number of anilines is 2. The monoisotopic (exact) mass is 356 g/mol. The Morgan fingerprint density at radius 1 is 1.36 bits per heavy atom. The van der Waals surface area contributed by atoms with Crippen molar-refractivity contribution in [3.63, 3.8) is 0 Å². The van der Waals surface area contributed by atoms with Crippen molar-refractivity contribution in [3.8, 4) is 11.4 Å². The molecule has 22 heavy (non-hydrogen) atoms. The number of primary sulfonamides is 1. The summed E-state index contributed by atoms with van der Waals surface area (Å²) < 4.78 is 23.2. The third-order valence-corrected chi connectivity index (χ3v) is 4.90. The van der Waals surface area contributed by atoms with Gasteiger partial charge in [-0.2, -0.15) is 5.21 Å². The average molecular weight is 357 g/mol. The van der Waals surface area contributed by atoms with Crippen LogP contribution in [0.4, 0.5) is 10.7 Å². The second-order valence-electron chi connectivity index (χ2n) is 4.21. The number of nitrogens with one attached hydrogen (secondary N) is 2. The Balaban J connectivity index is 2.18. The van der Waals surface area contributed by atoms with Crippen LogP contribution >= 0.6 is 22.9 Å². The lowest BCUT2D eigenvalue weighted by molar-refractivity contribution is 0.598. The van der Waals surface area contributed by atoms with Gasteiger partial charge in [-0.15, -0.1) is 21.5 Å². The fourth-order valence-electron chi connectivity index (χ4n) is 1.82. The lowest BCUT2D eigenvalue weighted by atomic mass is 10.1. The van der Waals surface area contributed by atoms with Crippen molar-refractivity contribution in [1.29, 1.82) is 0 Å². The van der Waals surface area contributed by atoms with E-state index < -0.39 is 10.0 Å². The van der Waals surface area contributed by atoms with E-state index in [0.29, 0.717) is 11.3 Å². The molecule has 0 saturated carbocycles. The molecular weight excluding hydrogens is 348 g/mol. The van der Waals surface area contributed by atoms with Gasteiger partial charge in [-0.3, -0.25) is 0 Å². The maximum Gasteiger partial charge on any atom is 0.239 e. The molecule has 0 atom stereocenters. The molecule has 0 aliphatic heterocycles. The van der Waals surface area contributed by atoms with Crippen LogP contribution in [0.15, 0.2) is 34.5 Å². The lowest BCUT2D eigenvalue weighted by Crippen LogP contribution is -2.13. The molecule has 0 spiro atoms. The van der Waals surface area contributed by atoms with Crippen molar-refractivity contribution in [2.24, 2.45) is 5.14 Å². The summed E-state index contributed by atoms with van der Waals surface area (Å²) in [6.45, 7) is 0. The van der Waals surface area contributed by atoms with E-state index in [2.05, 4.69) is 25.9 Å². The molecule has 0 unspecified atom stereocenters. The van der Waals surface area contributed by atoms with E-state index in [1.54, 1.807) is 0 Å². The SMILES string of the molecule is NS(=O)(=O)c1cc(-c2nn[nH]n2)c(Nc2cccs2)cc1Cl. The second-order valence-corrected chi connectivity index (χ2v) is 7.10. The first-order valence-corrected chi connectivity index (χ1v) is 8.66. The molecule has 2 aromatic heterocycles. The van der Waals surface area contributed by atoms with Crippen molar-refractivity contribution in [2.45, 2.75) is 4.90 Å². The van der Waals surface area contributed by atoms with Crippen molar-refractivity contribution in [1.82, 2.24) is 20.6 Å². The van der Waals surface area contributed by atoms with Gasteiger partial charge < -0.3 is 5.32 Å². The summed E-state index contributed by atoms with van der Waals surface area (Å²) in [4.78, 5) is -0.203. The zero-order valence-corrected chi connectivity index (χ0v) is 13.2. The fraction of sp³-hybridized carbons (Fsp3) is 0. The fourth-order valence-corrected chi connectivity index (χ4v) is 3.55. The molecule has 8 nitrogen and oxygen atoms in total. The molecule has 3 rings (SSSR count). The molecule has 4 N–H and O–H groups in total. The lowest BCUT2D eigenvalue weighted by Gasteiger charge is -2.11. The molecule has 0 bridgehead atoms. The van der Waals surface area contributed by atoms with Crippen molar-refractivity contribution in [2.75, 3.05) is 5.32 Å². The predicted octanol–water partition coefficient (Wildman–Crippen LogP) is 1.97. The number of tetrazole rings is 1. The molecule has 0 radical (unpaired) electrons. The first-order valence-electron chi connectivity index (χ1n) is 5.86. The summed E-state index contributed by atoms with van der Waals surface area (Å²) in [6, 6.07) is 6.53. The van der Waals surface area contributed by atoms with Gasteiger partial charge >= 0.3 is 0 Å². The number of benzene rings is 1. The van der Waals surface area contributed by atoms with Crippen molar-refractivity contribution in [3.05, 3.63) is 34.7 Å². The number of H-pyrrole nitrogens is 1. The van der Waals surface area contributed by atoms with E-state index in [1.165, 1.54) is 23.5 Å². The van der Waals surface area contributed by atoms with Crippen LogP contribution in [-0.4, -0.2) is 29.0 Å². The number of hydrogen-bond donors (Lipinski definition) is 3. The molecule has 0 fully saturated rings. The predicted molar refractivity (Wildman–Crippen MR) is 83.6 cm³/mol. The van der Waals surface area contributed by atoms with Gasteiger partial charge in [-0.1, -0.05) is 11.6 Å². The zero-order chi connectivity index (χ0) is 15.7. The summed E-state index contributed by atoms with van der Waals surface area (Å²) >= 11 is 7.51. The average Bonchev–Trinajstić information content (AvgIpc) is 3.10. The number of aromatic nitrogens is 4. The summed E-state index contributed by atoms with van der Waals surface area (Å²) in [6.07, 6.45) is 0. The molecule has 0 aliphatic carbocycles. The first-order chi connectivity index (χ1) is 10.4. The minimum atomic E-state index is -3.97. The number of nitrogens with zero attached hydrogens (tertiary/aromatic N) is 3. The number of hydrogen-bond acceptors (Lipinski definition) is 7. The number of halogens is 1. The standard InChI is InChI=1S/C11H9ClN6O2S2/c12-7-5-8(14-10-2-1-3-21-10)6(11-15-17-18-16-11)4-9(7)22(13,19)20/h1-5,14H,(H2,13,19,20)(H,15,16,17,18). The summed E-state index contributed by atoms with van der Waals surface area (Å²) in [7, 11) is -3.97. The van der Waals surface area contributed by atoms with Gasteiger partial charge in [-0.25, -0.2) is 13.6 Å². The van der Waals surface area contributed by atoms with Crippen LogP contribution in [0.2, 0.25) is 5.02 Å². The topological polar surface area (TPSA) is 127 Å². The summed E-state index contributed by atoms with van der Waals surface area (Å²) in [5.74, 6) is 0.223. The third-order valence-electron chi connectivity index (χ3n) is 2.74. The molecule has 3 aromatic rings. The van der Waals surface area contributed by atoms with E-state index >= 15 is 0 Å². The highest BCUT2D eigenvalue weighted by Gasteiger charge is 2.20. The minimum absolute atomic E-state index is 0.00815. The number of sulfonamides is 1. The molecule has 0 saturated heterocycles. The molecular formula is C11H9ClN6O2S2. The quantitative estimate of drug-likeness (QED) is 0.656. The van der Waals surface area contributed by atoms with E-state index in [4.69, 9.17) is 16.7 Å². The van der Waals surface area contributed by atoms with Crippen LogP contribution in [0.3, 0.4) is 0 Å². The molecule has 114 valence electrons. The van der Waals surface area contributed by atoms with Crippen LogP contribution < -0.4 is 10.5 Å². The van der Waals surface area contributed by atoms with Crippen molar-refractivity contribution >= 4 is 43.6 Å². The second kappa shape index (κ2) is 5.65. The van der Waals surface area contributed by atoms with E-state index in [-0.39, 0.29) is 15.7 Å². The van der Waals surface area contributed by atoms with E-state index in [0.717, 1.165) is 5.00 Å². The Hall–Kier alpha value is -2.01. The summed E-state index contributed by atoms with van der Waals surface area (Å²) in [5.41, 5.74) is 0.955. The first kappa shape index (κ1) is 14.9. The van der Waals surface area contributed by atoms with Crippen LogP contribution in [-0.2, 0) is 10.0 Å². The highest BCUT2D eigenvalue weighted by Crippen LogP contribution is 2.35. The smallest absolute Gasteiger partial charge is 0.239 e. The Bertz CT molecular complexity index is 893. The van der Waals surface area contributed by atoms with Gasteiger partial charge in [0.1, 0.15) is 4.90 Å². The number of nitrogens with two attached hydrogens (primary N) is 1. The largest absolute Gasteiger partial charge is 0.347 e. The third kappa shape index (κ3) is 2.95. The molecule has 2 heterocycles. The minimum Gasteiger partial charge on any atom is -0.347 e. The van der Waals surface area contributed by atoms with Gasteiger partial charge in [-0.05, 0) is 34.9 Å². The maximum absolute atomic E-state index is 11.6. The summed E-state index contributed by atoms with van der Waals surface area (Å²) in [5, 5.41) is 24.6. The zero-order valence-electron chi connectivity index (χ0n) is 10.8. The Morgan fingerprint density at radius 2 is 2.18 bits per heavy atom. The van der Waals surface area contributed by atoms with Gasteiger partial charge in [0.15, 0.2) is 0 Å². The van der Waals surface area contributed by atoms with Gasteiger partial charge in [0, 0.05) is 5.56 Å². The van der Waals surface area contributed by atoms with Gasteiger partial charge in [0.2, 0.25) is 15.8 Å². The molecule has 0 amide bonds. The van der Waals surface area contributed by atoms with Crippen molar-refractivity contribution < 1.29 is 8.42 Å². The van der Waals surface area contributed by atoms with E-state index in [1.807, 2.05) is 17.5 Å². The van der Waals surface area contributed by atoms with Crippen LogP contribution in [0.1, 0.15) is 0 Å². The number of aromatic amines is 1. The normalized spacial score (nSPS) is 11.5. The molecule has 11 heteroatoms. The highest BCUT2D eigenvalue weighted by atomic mass is 35.5. The van der Waals surface area contributed by atoms with Gasteiger partial charge in [0.25, 0.3) is 0 Å². The molecule has 1 aromatic carbocycles. The molecule has 0 aliphatic rings. The number of rotatable bonds is 4.